The molecule has 0 saturated carbocycles. The number of likely N-dealkylation sites (N-methyl/N-ethyl adjacent to an activating group) is 1. The number of rotatable bonds is 7. The third-order valence-electron chi connectivity index (χ3n) is 2.95. The van der Waals surface area contributed by atoms with Gasteiger partial charge in [0, 0.05) is 12.6 Å². The van der Waals surface area contributed by atoms with E-state index in [2.05, 4.69) is 10.6 Å². The lowest BCUT2D eigenvalue weighted by Crippen LogP contribution is -2.37. The molecule has 5 nitrogen and oxygen atoms in total. The molecule has 1 aromatic carbocycles. The van der Waals surface area contributed by atoms with E-state index < -0.39 is 20.5 Å². The number of halogens is 2. The van der Waals surface area contributed by atoms with Gasteiger partial charge in [-0.05, 0) is 31.7 Å². The second kappa shape index (κ2) is 7.46. The minimum absolute atomic E-state index is 0.0610. The van der Waals surface area contributed by atoms with Crippen LogP contribution in [0.1, 0.15) is 12.5 Å². The number of carbonyl (C=O) groups excluding carboxylic acids is 1. The third kappa shape index (κ3) is 5.05. The van der Waals surface area contributed by atoms with Crippen molar-refractivity contribution < 1.29 is 22.0 Å². The molecule has 0 aliphatic rings. The maximum absolute atomic E-state index is 12.4. The summed E-state index contributed by atoms with van der Waals surface area (Å²) in [5.74, 6) is -3.67. The van der Waals surface area contributed by atoms with Gasteiger partial charge in [0.25, 0.3) is 0 Å². The van der Waals surface area contributed by atoms with E-state index in [0.717, 1.165) is 12.1 Å². The highest BCUT2D eigenvalue weighted by atomic mass is 32.2. The largest absolute Gasteiger partial charge is 0.354 e. The predicted octanol–water partition coefficient (Wildman–Crippen LogP) is 0.950. The topological polar surface area (TPSA) is 75.3 Å². The van der Waals surface area contributed by atoms with E-state index in [-0.39, 0.29) is 18.4 Å². The normalized spacial score (nSPS) is 13.2. The standard InChI is InChI=1S/C13H18F2N2O3S/c1-9(16-2)8-17-12(18)7-10-3-5-11(6-4-10)21(19,20)13(14)15/h3-6,9,13,16H,7-8H2,1-2H3,(H,17,18). The molecule has 0 saturated heterocycles. The highest BCUT2D eigenvalue weighted by Gasteiger charge is 2.26. The van der Waals surface area contributed by atoms with Crippen LogP contribution < -0.4 is 10.6 Å². The van der Waals surface area contributed by atoms with Crippen LogP contribution in [-0.4, -0.2) is 39.7 Å². The first-order valence-electron chi connectivity index (χ1n) is 6.32. The highest BCUT2D eigenvalue weighted by Crippen LogP contribution is 2.18. The van der Waals surface area contributed by atoms with Crippen molar-refractivity contribution in [3.8, 4) is 0 Å². The second-order valence-corrected chi connectivity index (χ2v) is 6.54. The number of carbonyl (C=O) groups is 1. The Bertz CT molecular complexity index is 574. The van der Waals surface area contributed by atoms with Crippen molar-refractivity contribution in [3.05, 3.63) is 29.8 Å². The number of hydrogen-bond acceptors (Lipinski definition) is 4. The summed E-state index contributed by atoms with van der Waals surface area (Å²) in [5, 5.41) is 5.67. The zero-order valence-corrected chi connectivity index (χ0v) is 12.6. The molecule has 118 valence electrons. The molecule has 2 N–H and O–H groups in total. The zero-order chi connectivity index (χ0) is 16.0. The summed E-state index contributed by atoms with van der Waals surface area (Å²) in [5.41, 5.74) is 0.554. The van der Waals surface area contributed by atoms with E-state index in [1.807, 2.05) is 6.92 Å². The summed E-state index contributed by atoms with van der Waals surface area (Å²) in [6, 6.07) is 5.01. The first-order valence-corrected chi connectivity index (χ1v) is 7.87. The summed E-state index contributed by atoms with van der Waals surface area (Å²) in [6.45, 7) is 2.37. The molecule has 8 heteroatoms. The van der Waals surface area contributed by atoms with Crippen LogP contribution in [0.5, 0.6) is 0 Å². The Morgan fingerprint density at radius 2 is 1.81 bits per heavy atom. The summed E-state index contributed by atoms with van der Waals surface area (Å²) >= 11 is 0. The fourth-order valence-electron chi connectivity index (χ4n) is 1.52. The van der Waals surface area contributed by atoms with Gasteiger partial charge in [-0.3, -0.25) is 4.79 Å². The molecule has 0 bridgehead atoms. The monoisotopic (exact) mass is 320 g/mol. The van der Waals surface area contributed by atoms with Crippen LogP contribution >= 0.6 is 0 Å². The molecule has 1 amide bonds. The fraction of sp³-hybridized carbons (Fsp3) is 0.462. The van der Waals surface area contributed by atoms with Gasteiger partial charge < -0.3 is 10.6 Å². The van der Waals surface area contributed by atoms with Crippen LogP contribution in [-0.2, 0) is 21.1 Å². The third-order valence-corrected chi connectivity index (χ3v) is 4.35. The van der Waals surface area contributed by atoms with Gasteiger partial charge >= 0.3 is 5.76 Å². The molecule has 0 aliphatic carbocycles. The molecule has 1 rings (SSSR count). The number of amides is 1. The molecule has 1 unspecified atom stereocenters. The molecule has 0 spiro atoms. The summed E-state index contributed by atoms with van der Waals surface area (Å²) < 4.78 is 47.2. The van der Waals surface area contributed by atoms with E-state index in [4.69, 9.17) is 0 Å². The molecular formula is C13H18F2N2O3S. The van der Waals surface area contributed by atoms with Crippen molar-refractivity contribution in [2.45, 2.75) is 30.0 Å². The highest BCUT2D eigenvalue weighted by molar-refractivity contribution is 7.91. The van der Waals surface area contributed by atoms with Crippen LogP contribution in [0.15, 0.2) is 29.2 Å². The molecular weight excluding hydrogens is 302 g/mol. The molecule has 0 aromatic heterocycles. The van der Waals surface area contributed by atoms with Crippen LogP contribution in [0, 0.1) is 0 Å². The SMILES string of the molecule is CNC(C)CNC(=O)Cc1ccc(S(=O)(=O)C(F)F)cc1. The van der Waals surface area contributed by atoms with E-state index >= 15 is 0 Å². The maximum atomic E-state index is 12.4. The lowest BCUT2D eigenvalue weighted by molar-refractivity contribution is -0.120. The Hall–Kier alpha value is -1.54. The molecule has 0 radical (unpaired) electrons. The molecule has 0 aliphatic heterocycles. The van der Waals surface area contributed by atoms with Crippen molar-refractivity contribution in [2.24, 2.45) is 0 Å². The van der Waals surface area contributed by atoms with E-state index in [1.54, 1.807) is 7.05 Å². The van der Waals surface area contributed by atoms with Gasteiger partial charge in [-0.2, -0.15) is 8.78 Å². The molecule has 0 fully saturated rings. The lowest BCUT2D eigenvalue weighted by atomic mass is 10.1. The van der Waals surface area contributed by atoms with Crippen LogP contribution in [0.3, 0.4) is 0 Å². The van der Waals surface area contributed by atoms with Crippen molar-refractivity contribution in [3.63, 3.8) is 0 Å². The lowest BCUT2D eigenvalue weighted by Gasteiger charge is -2.11. The Labute approximate surface area is 122 Å². The summed E-state index contributed by atoms with van der Waals surface area (Å²) in [6.07, 6.45) is 0.0610. The van der Waals surface area contributed by atoms with Crippen molar-refractivity contribution in [2.75, 3.05) is 13.6 Å². The number of nitrogens with one attached hydrogen (secondary N) is 2. The second-order valence-electron chi connectivity index (χ2n) is 4.62. The minimum Gasteiger partial charge on any atom is -0.354 e. The zero-order valence-electron chi connectivity index (χ0n) is 11.8. The van der Waals surface area contributed by atoms with Gasteiger partial charge in [-0.15, -0.1) is 0 Å². The molecule has 0 heterocycles. The number of hydrogen-bond donors (Lipinski definition) is 2. The first-order chi connectivity index (χ1) is 9.77. The summed E-state index contributed by atoms with van der Waals surface area (Å²) in [7, 11) is -2.81. The predicted molar refractivity (Wildman–Crippen MR) is 74.9 cm³/mol. The van der Waals surface area contributed by atoms with Crippen molar-refractivity contribution in [1.82, 2.24) is 10.6 Å². The Balaban J connectivity index is 2.65. The van der Waals surface area contributed by atoms with Crippen molar-refractivity contribution >= 4 is 15.7 Å². The van der Waals surface area contributed by atoms with Crippen molar-refractivity contribution in [1.29, 1.82) is 0 Å². The fourth-order valence-corrected chi connectivity index (χ4v) is 2.24. The first kappa shape index (κ1) is 17.5. The van der Waals surface area contributed by atoms with Gasteiger partial charge in [0.2, 0.25) is 15.7 Å². The number of benzene rings is 1. The number of alkyl halides is 2. The van der Waals surface area contributed by atoms with E-state index in [1.165, 1.54) is 12.1 Å². The van der Waals surface area contributed by atoms with E-state index in [0.29, 0.717) is 12.1 Å². The molecule has 1 atom stereocenters. The number of sulfone groups is 1. The van der Waals surface area contributed by atoms with Crippen LogP contribution in [0.2, 0.25) is 0 Å². The Kier molecular flexibility index (Phi) is 6.22. The van der Waals surface area contributed by atoms with Gasteiger partial charge in [0.05, 0.1) is 11.3 Å². The quantitative estimate of drug-likeness (QED) is 0.784. The van der Waals surface area contributed by atoms with Gasteiger partial charge in [0.1, 0.15) is 0 Å². The van der Waals surface area contributed by atoms with Gasteiger partial charge in [-0.25, -0.2) is 8.42 Å². The Morgan fingerprint density at radius 1 is 1.24 bits per heavy atom. The average molecular weight is 320 g/mol. The molecule has 1 aromatic rings. The van der Waals surface area contributed by atoms with Crippen LogP contribution in [0.4, 0.5) is 8.78 Å². The average Bonchev–Trinajstić information content (AvgIpc) is 2.45. The summed E-state index contributed by atoms with van der Waals surface area (Å²) in [4.78, 5) is 11.2. The van der Waals surface area contributed by atoms with Gasteiger partial charge in [0.15, 0.2) is 0 Å². The minimum atomic E-state index is -4.59. The maximum Gasteiger partial charge on any atom is 0.341 e. The van der Waals surface area contributed by atoms with Gasteiger partial charge in [-0.1, -0.05) is 12.1 Å². The Morgan fingerprint density at radius 3 is 2.29 bits per heavy atom. The van der Waals surface area contributed by atoms with Crippen LogP contribution in [0.25, 0.3) is 0 Å². The smallest absolute Gasteiger partial charge is 0.341 e. The van der Waals surface area contributed by atoms with E-state index in [9.17, 15) is 22.0 Å². The molecule has 21 heavy (non-hydrogen) atoms.